The van der Waals surface area contributed by atoms with Gasteiger partial charge in [-0.05, 0) is 70.0 Å². The first-order chi connectivity index (χ1) is 19.1. The normalized spacial score (nSPS) is 11.1. The molecule has 1 heterocycles. The summed E-state index contributed by atoms with van der Waals surface area (Å²) in [7, 11) is 2.99. The first-order valence-corrected chi connectivity index (χ1v) is 13.9. The van der Waals surface area contributed by atoms with E-state index in [0.717, 1.165) is 10.7 Å². The van der Waals surface area contributed by atoms with E-state index < -0.39 is 23.2 Å². The Morgan fingerprint density at radius 3 is 2.22 bits per heavy atom. The van der Waals surface area contributed by atoms with Crippen LogP contribution in [0.15, 0.2) is 43.1 Å². The molecule has 0 aliphatic rings. The van der Waals surface area contributed by atoms with Gasteiger partial charge in [0.05, 0.1) is 15.6 Å². The van der Waals surface area contributed by atoms with Crippen LogP contribution >= 0.6 is 55.1 Å². The zero-order chi connectivity index (χ0) is 31.2. The fourth-order valence-corrected chi connectivity index (χ4v) is 4.71. The molecule has 15 heteroatoms. The first-order valence-electron chi connectivity index (χ1n) is 11.6. The van der Waals surface area contributed by atoms with Crippen LogP contribution in [0, 0.1) is 18.6 Å². The van der Waals surface area contributed by atoms with Gasteiger partial charge in [0, 0.05) is 53.6 Å². The van der Waals surface area contributed by atoms with Crippen molar-refractivity contribution >= 4 is 72.5 Å². The van der Waals surface area contributed by atoms with Gasteiger partial charge in [0.2, 0.25) is 0 Å². The van der Waals surface area contributed by atoms with Crippen LogP contribution in [0.5, 0.6) is 5.75 Å². The van der Waals surface area contributed by atoms with Gasteiger partial charge in [0.1, 0.15) is 28.8 Å². The predicted molar refractivity (Wildman–Crippen MR) is 160 cm³/mol. The smallest absolute Gasteiger partial charge is 0.351 e. The number of halogens is 6. The van der Waals surface area contributed by atoms with E-state index >= 15 is 0 Å². The van der Waals surface area contributed by atoms with Crippen LogP contribution in [0.1, 0.15) is 24.6 Å². The third-order valence-electron chi connectivity index (χ3n) is 5.54. The van der Waals surface area contributed by atoms with Crippen molar-refractivity contribution in [2.45, 2.75) is 26.7 Å². The molecule has 0 unspecified atom stereocenters. The highest BCUT2D eigenvalue weighted by atomic mass is 79.9. The average Bonchev–Trinajstić information content (AvgIpc) is 2.91. The molecule has 2 aromatic carbocycles. The molecule has 3 aromatic rings. The number of nitrogens with zero attached hydrogens (tertiary/aromatic N) is 4. The summed E-state index contributed by atoms with van der Waals surface area (Å²) in [4.78, 5) is 34.6. The van der Waals surface area contributed by atoms with Crippen molar-refractivity contribution in [3.05, 3.63) is 76.5 Å². The number of aliphatic carboxylic acids is 1. The molecule has 9 nitrogen and oxygen atoms in total. The second-order valence-electron chi connectivity index (χ2n) is 8.61. The molecular weight excluding hydrogens is 717 g/mol. The summed E-state index contributed by atoms with van der Waals surface area (Å²) in [6.07, 6.45) is 0.0216. The van der Waals surface area contributed by atoms with Gasteiger partial charge in [-0.25, -0.2) is 18.3 Å². The molecule has 2 N–H and O–H groups in total. The molecule has 0 fully saturated rings. The van der Waals surface area contributed by atoms with Crippen molar-refractivity contribution < 1.29 is 28.6 Å². The zero-order valence-electron chi connectivity index (χ0n) is 22.1. The van der Waals surface area contributed by atoms with E-state index in [0.29, 0.717) is 9.50 Å². The van der Waals surface area contributed by atoms with Gasteiger partial charge in [0.25, 0.3) is 5.56 Å². The molecule has 0 saturated carbocycles. The Balaban J connectivity index is 0.000000289. The average molecular weight is 741 g/mol. The maximum absolute atomic E-state index is 14.0. The van der Waals surface area contributed by atoms with Crippen LogP contribution in [0.25, 0.3) is 11.1 Å². The maximum atomic E-state index is 14.0. The summed E-state index contributed by atoms with van der Waals surface area (Å²) < 4.78 is 29.3. The molecule has 0 aliphatic heterocycles. The number of hydrogen-bond acceptors (Lipinski definition) is 7. The van der Waals surface area contributed by atoms with Gasteiger partial charge in [0.15, 0.2) is 5.75 Å². The van der Waals surface area contributed by atoms with Gasteiger partial charge >= 0.3 is 5.97 Å². The third-order valence-corrected chi connectivity index (χ3v) is 8.35. The van der Waals surface area contributed by atoms with Crippen LogP contribution in [0.3, 0.4) is 0 Å². The number of benzene rings is 2. The minimum atomic E-state index is -1.12. The van der Waals surface area contributed by atoms with E-state index in [-0.39, 0.29) is 68.5 Å². The lowest BCUT2D eigenvalue weighted by atomic mass is 10.1. The van der Waals surface area contributed by atoms with Crippen LogP contribution in [0.4, 0.5) is 8.78 Å². The largest absolute Gasteiger partial charge is 0.505 e. The number of carbonyl (C=O) groups is 2. The molecule has 0 spiro atoms. The highest BCUT2D eigenvalue weighted by Crippen LogP contribution is 2.38. The number of Topliss-reactive ketones (excluding diaryl/α,β-unsaturated/α-hetero) is 1. The molecule has 3 rings (SSSR count). The van der Waals surface area contributed by atoms with E-state index in [2.05, 4.69) is 42.1 Å². The first kappa shape index (κ1) is 34.3. The number of ketones is 1. The number of carbonyl (C=O) groups excluding carboxylic acids is 1. The van der Waals surface area contributed by atoms with Crippen LogP contribution in [0.2, 0.25) is 10.0 Å². The Bertz CT molecular complexity index is 1580. The topological polar surface area (TPSA) is 125 Å². The minimum Gasteiger partial charge on any atom is -0.505 e. The molecule has 220 valence electrons. The molecule has 0 radical (unpaired) electrons. The van der Waals surface area contributed by atoms with Crippen LogP contribution in [-0.2, 0) is 23.1 Å². The molecular formula is C26H24Br2Cl2F2N4O5. The Morgan fingerprint density at radius 1 is 1.07 bits per heavy atom. The zero-order valence-corrected chi connectivity index (χ0v) is 26.8. The lowest BCUT2D eigenvalue weighted by Crippen LogP contribution is -2.22. The molecule has 0 aliphatic carbocycles. The number of hydrazone groups is 1. The maximum Gasteiger partial charge on any atom is 0.351 e. The SMILES string of the molecule is CC(=NN(C)CCC(=O)Cc1c(F)ccc(Cl)c1Br)C(=O)O.Cc1nn(C)c(=O)c(-c2c(F)ccc(Cl)c2Br)c1O. The molecule has 0 atom stereocenters. The summed E-state index contributed by atoms with van der Waals surface area (Å²) >= 11 is 18.1. The van der Waals surface area contributed by atoms with Crippen molar-refractivity contribution in [3.8, 4) is 16.9 Å². The molecule has 0 bridgehead atoms. The van der Waals surface area contributed by atoms with Gasteiger partial charge in [-0.3, -0.25) is 14.6 Å². The lowest BCUT2D eigenvalue weighted by Gasteiger charge is -2.13. The Morgan fingerprint density at radius 2 is 1.63 bits per heavy atom. The third kappa shape index (κ3) is 8.81. The number of hydrogen-bond donors (Lipinski definition) is 2. The highest BCUT2D eigenvalue weighted by Gasteiger charge is 2.22. The number of aryl methyl sites for hydroxylation is 2. The van der Waals surface area contributed by atoms with Crippen molar-refractivity contribution in [2.75, 3.05) is 13.6 Å². The molecule has 1 aromatic heterocycles. The number of aromatic nitrogens is 2. The molecule has 0 amide bonds. The van der Waals surface area contributed by atoms with E-state index in [9.17, 15) is 28.3 Å². The minimum absolute atomic E-state index is 0.0708. The van der Waals surface area contributed by atoms with Crippen molar-refractivity contribution in [1.82, 2.24) is 14.8 Å². The fraction of sp³-hybridized carbons (Fsp3) is 0.269. The van der Waals surface area contributed by atoms with Gasteiger partial charge < -0.3 is 10.2 Å². The van der Waals surface area contributed by atoms with E-state index in [4.69, 9.17) is 28.3 Å². The summed E-state index contributed by atoms with van der Waals surface area (Å²) in [5, 5.41) is 28.3. The summed E-state index contributed by atoms with van der Waals surface area (Å²) in [5.41, 5.74) is -0.477. The predicted octanol–water partition coefficient (Wildman–Crippen LogP) is 6.15. The Kier molecular flexibility index (Phi) is 12.4. The Hall–Kier alpha value is -2.87. The van der Waals surface area contributed by atoms with Crippen LogP contribution < -0.4 is 5.56 Å². The van der Waals surface area contributed by atoms with Gasteiger partial charge in [-0.2, -0.15) is 10.2 Å². The Labute approximate surface area is 260 Å². The van der Waals surface area contributed by atoms with Crippen molar-refractivity contribution in [2.24, 2.45) is 12.1 Å². The van der Waals surface area contributed by atoms with E-state index in [1.54, 1.807) is 7.05 Å². The summed E-state index contributed by atoms with van der Waals surface area (Å²) in [5.74, 6) is -2.84. The van der Waals surface area contributed by atoms with Crippen molar-refractivity contribution in [1.29, 1.82) is 0 Å². The van der Waals surface area contributed by atoms with E-state index in [1.165, 1.54) is 44.1 Å². The molecule has 41 heavy (non-hydrogen) atoms. The van der Waals surface area contributed by atoms with Gasteiger partial charge in [-0.15, -0.1) is 0 Å². The standard InChI is InChI=1S/C14H15BrClFN2O3.C12H9BrClFN2O2/c1-8(14(21)22)18-19(2)6-5-9(20)7-10-12(17)4-3-11(16)13(10)15;1-5-11(18)9(12(19)17(2)16-5)8-7(15)4-3-6(14)10(8)13/h3-4H,5-7H2,1-2H3,(H,21,22);3-4,18H,1-2H3. The summed E-state index contributed by atoms with van der Waals surface area (Å²) in [6, 6.07) is 5.12. The number of carboxylic acids is 1. The quantitative estimate of drug-likeness (QED) is 0.161. The lowest BCUT2D eigenvalue weighted by molar-refractivity contribution is -0.129. The monoisotopic (exact) mass is 738 g/mol. The fourth-order valence-electron chi connectivity index (χ4n) is 3.40. The van der Waals surface area contributed by atoms with Crippen LogP contribution in [-0.4, -0.2) is 56.1 Å². The van der Waals surface area contributed by atoms with Gasteiger partial charge in [-0.1, -0.05) is 23.2 Å². The number of aromatic hydroxyl groups is 1. The second-order valence-corrected chi connectivity index (χ2v) is 11.0. The second kappa shape index (κ2) is 14.9. The summed E-state index contributed by atoms with van der Waals surface area (Å²) in [6.45, 7) is 3.12. The van der Waals surface area contributed by atoms with Crippen molar-refractivity contribution in [3.63, 3.8) is 0 Å². The molecule has 0 saturated heterocycles. The number of carboxylic acid groups (broad SMARTS) is 1. The van der Waals surface area contributed by atoms with E-state index in [1.807, 2.05) is 0 Å². The highest BCUT2D eigenvalue weighted by molar-refractivity contribution is 9.11. The number of rotatable bonds is 8.